The summed E-state index contributed by atoms with van der Waals surface area (Å²) in [5.41, 5.74) is 3.11. The van der Waals surface area contributed by atoms with Crippen molar-refractivity contribution in [1.29, 1.82) is 0 Å². The largest absolute Gasteiger partial charge is 0.494 e. The minimum Gasteiger partial charge on any atom is -0.494 e. The average Bonchev–Trinajstić information content (AvgIpc) is 3.53. The fourth-order valence-corrected chi connectivity index (χ4v) is 2.78. The second-order valence-electron chi connectivity index (χ2n) is 7.02. The Kier molecular flexibility index (Phi) is 6.53. The van der Waals surface area contributed by atoms with E-state index in [2.05, 4.69) is 22.9 Å². The molecule has 0 radical (unpaired) electrons. The van der Waals surface area contributed by atoms with E-state index in [0.717, 1.165) is 42.0 Å². The molecule has 0 heterocycles. The summed E-state index contributed by atoms with van der Waals surface area (Å²) in [6.07, 6.45) is 2.86. The SMILES string of the molecule is CCCOc1cccc(NCC(=O)Nc2cccc(NC(=O)C3CC3)c2C)c1. The Hall–Kier alpha value is -3.02. The van der Waals surface area contributed by atoms with Gasteiger partial charge in [0.2, 0.25) is 11.8 Å². The molecule has 0 saturated heterocycles. The van der Waals surface area contributed by atoms with Crippen molar-refractivity contribution in [3.8, 4) is 5.75 Å². The first-order chi connectivity index (χ1) is 13.6. The molecule has 1 aliphatic carbocycles. The highest BCUT2D eigenvalue weighted by Crippen LogP contribution is 2.31. The van der Waals surface area contributed by atoms with E-state index >= 15 is 0 Å². The summed E-state index contributed by atoms with van der Waals surface area (Å²) in [7, 11) is 0. The van der Waals surface area contributed by atoms with Crippen molar-refractivity contribution in [1.82, 2.24) is 0 Å². The zero-order chi connectivity index (χ0) is 19.9. The number of hydrogen-bond donors (Lipinski definition) is 3. The molecule has 1 fully saturated rings. The molecular weight excluding hydrogens is 354 g/mol. The first kappa shape index (κ1) is 19.7. The van der Waals surface area contributed by atoms with Crippen LogP contribution in [0.25, 0.3) is 0 Å². The number of benzene rings is 2. The third-order valence-electron chi connectivity index (χ3n) is 4.57. The van der Waals surface area contributed by atoms with E-state index in [1.165, 1.54) is 0 Å². The van der Waals surface area contributed by atoms with Crippen molar-refractivity contribution in [2.75, 3.05) is 29.1 Å². The predicted molar refractivity (Wildman–Crippen MR) is 112 cm³/mol. The predicted octanol–water partition coefficient (Wildman–Crippen LogP) is 4.18. The number of nitrogens with one attached hydrogen (secondary N) is 3. The van der Waals surface area contributed by atoms with Crippen molar-refractivity contribution >= 4 is 28.9 Å². The van der Waals surface area contributed by atoms with Crippen LogP contribution in [0.5, 0.6) is 5.75 Å². The van der Waals surface area contributed by atoms with Gasteiger partial charge in [-0.1, -0.05) is 19.1 Å². The van der Waals surface area contributed by atoms with Gasteiger partial charge >= 0.3 is 0 Å². The highest BCUT2D eigenvalue weighted by molar-refractivity contribution is 5.98. The number of carbonyl (C=O) groups excluding carboxylic acids is 2. The van der Waals surface area contributed by atoms with Crippen LogP contribution in [0.1, 0.15) is 31.7 Å². The highest BCUT2D eigenvalue weighted by atomic mass is 16.5. The minimum absolute atomic E-state index is 0.0541. The van der Waals surface area contributed by atoms with Crippen LogP contribution in [0.15, 0.2) is 42.5 Å². The van der Waals surface area contributed by atoms with Gasteiger partial charge in [0.25, 0.3) is 0 Å². The van der Waals surface area contributed by atoms with Gasteiger partial charge in [-0.05, 0) is 56.0 Å². The topological polar surface area (TPSA) is 79.5 Å². The Morgan fingerprint density at radius 3 is 2.50 bits per heavy atom. The normalized spacial score (nSPS) is 12.9. The Balaban J connectivity index is 1.55. The molecule has 3 N–H and O–H groups in total. The fraction of sp³-hybridized carbons (Fsp3) is 0.364. The van der Waals surface area contributed by atoms with E-state index in [4.69, 9.17) is 4.74 Å². The molecule has 1 saturated carbocycles. The molecule has 0 bridgehead atoms. The zero-order valence-corrected chi connectivity index (χ0v) is 16.4. The Labute approximate surface area is 165 Å². The standard InChI is InChI=1S/C22H27N3O3/c1-3-12-28-18-7-4-6-17(13-18)23-14-21(26)24-19-8-5-9-20(15(19)2)25-22(27)16-10-11-16/h4-9,13,16,23H,3,10-12,14H2,1-2H3,(H,24,26)(H,25,27). The molecule has 6 nitrogen and oxygen atoms in total. The number of anilines is 3. The molecular formula is C22H27N3O3. The summed E-state index contributed by atoms with van der Waals surface area (Å²) in [6, 6.07) is 13.1. The molecule has 0 unspecified atom stereocenters. The van der Waals surface area contributed by atoms with Gasteiger partial charge < -0.3 is 20.7 Å². The summed E-state index contributed by atoms with van der Waals surface area (Å²) < 4.78 is 5.60. The summed E-state index contributed by atoms with van der Waals surface area (Å²) in [4.78, 5) is 24.3. The van der Waals surface area contributed by atoms with Gasteiger partial charge in [-0.15, -0.1) is 0 Å². The van der Waals surface area contributed by atoms with Crippen LogP contribution in [-0.2, 0) is 9.59 Å². The first-order valence-electron chi connectivity index (χ1n) is 9.74. The van der Waals surface area contributed by atoms with Crippen LogP contribution in [-0.4, -0.2) is 25.0 Å². The molecule has 0 spiro atoms. The fourth-order valence-electron chi connectivity index (χ4n) is 2.78. The van der Waals surface area contributed by atoms with Gasteiger partial charge in [0.05, 0.1) is 13.2 Å². The maximum absolute atomic E-state index is 12.4. The van der Waals surface area contributed by atoms with Gasteiger partial charge in [-0.25, -0.2) is 0 Å². The van der Waals surface area contributed by atoms with E-state index in [9.17, 15) is 9.59 Å². The van der Waals surface area contributed by atoms with Gasteiger partial charge in [-0.2, -0.15) is 0 Å². The summed E-state index contributed by atoms with van der Waals surface area (Å²) in [6.45, 7) is 4.74. The Morgan fingerprint density at radius 1 is 1.07 bits per heavy atom. The molecule has 0 aromatic heterocycles. The third-order valence-corrected chi connectivity index (χ3v) is 4.57. The summed E-state index contributed by atoms with van der Waals surface area (Å²) in [5.74, 6) is 0.813. The number of rotatable bonds is 9. The molecule has 1 aliphatic rings. The van der Waals surface area contributed by atoms with Gasteiger partial charge in [0.15, 0.2) is 0 Å². The van der Waals surface area contributed by atoms with Crippen LogP contribution < -0.4 is 20.7 Å². The van der Waals surface area contributed by atoms with Crippen LogP contribution >= 0.6 is 0 Å². The first-order valence-corrected chi connectivity index (χ1v) is 9.74. The van der Waals surface area contributed by atoms with E-state index in [1.807, 2.05) is 49.4 Å². The van der Waals surface area contributed by atoms with Gasteiger partial charge in [-0.3, -0.25) is 9.59 Å². The Bertz CT molecular complexity index is 847. The summed E-state index contributed by atoms with van der Waals surface area (Å²) >= 11 is 0. The summed E-state index contributed by atoms with van der Waals surface area (Å²) in [5, 5.41) is 8.96. The molecule has 2 aromatic carbocycles. The van der Waals surface area contributed by atoms with Gasteiger partial charge in [0, 0.05) is 29.0 Å². The number of hydrogen-bond acceptors (Lipinski definition) is 4. The minimum atomic E-state index is -0.159. The smallest absolute Gasteiger partial charge is 0.243 e. The number of ether oxygens (including phenoxy) is 1. The monoisotopic (exact) mass is 381 g/mol. The van der Waals surface area contributed by atoms with E-state index in [-0.39, 0.29) is 24.3 Å². The number of amides is 2. The van der Waals surface area contributed by atoms with E-state index in [0.29, 0.717) is 12.3 Å². The van der Waals surface area contributed by atoms with E-state index in [1.54, 1.807) is 0 Å². The van der Waals surface area contributed by atoms with Crippen molar-refractivity contribution in [2.24, 2.45) is 5.92 Å². The Morgan fingerprint density at radius 2 is 1.79 bits per heavy atom. The maximum Gasteiger partial charge on any atom is 0.243 e. The molecule has 148 valence electrons. The molecule has 0 atom stereocenters. The van der Waals surface area contributed by atoms with Crippen molar-refractivity contribution in [3.63, 3.8) is 0 Å². The van der Waals surface area contributed by atoms with Crippen LogP contribution in [0.4, 0.5) is 17.1 Å². The quantitative estimate of drug-likeness (QED) is 0.609. The second kappa shape index (κ2) is 9.26. The molecule has 3 rings (SSSR count). The molecule has 0 aliphatic heterocycles. The lowest BCUT2D eigenvalue weighted by Gasteiger charge is -2.14. The lowest BCUT2D eigenvalue weighted by Crippen LogP contribution is -2.22. The van der Waals surface area contributed by atoms with E-state index < -0.39 is 0 Å². The lowest BCUT2D eigenvalue weighted by atomic mass is 10.1. The van der Waals surface area contributed by atoms with Crippen LogP contribution in [0.2, 0.25) is 0 Å². The third kappa shape index (κ3) is 5.49. The van der Waals surface area contributed by atoms with Gasteiger partial charge in [0.1, 0.15) is 5.75 Å². The van der Waals surface area contributed by atoms with Crippen molar-refractivity contribution < 1.29 is 14.3 Å². The lowest BCUT2D eigenvalue weighted by molar-refractivity contribution is -0.117. The maximum atomic E-state index is 12.4. The average molecular weight is 381 g/mol. The van der Waals surface area contributed by atoms with Crippen LogP contribution in [0.3, 0.4) is 0 Å². The number of carbonyl (C=O) groups is 2. The second-order valence-corrected chi connectivity index (χ2v) is 7.02. The van der Waals surface area contributed by atoms with Crippen molar-refractivity contribution in [3.05, 3.63) is 48.0 Å². The molecule has 6 heteroatoms. The zero-order valence-electron chi connectivity index (χ0n) is 16.4. The van der Waals surface area contributed by atoms with Crippen LogP contribution in [0, 0.1) is 12.8 Å². The van der Waals surface area contributed by atoms with Crippen molar-refractivity contribution in [2.45, 2.75) is 33.1 Å². The molecule has 2 aromatic rings. The highest BCUT2D eigenvalue weighted by Gasteiger charge is 2.29. The molecule has 28 heavy (non-hydrogen) atoms. The molecule has 2 amide bonds.